The minimum absolute atomic E-state index is 0.414. The number of hydrogen-bond donors (Lipinski definition) is 1. The van der Waals surface area contributed by atoms with E-state index in [4.69, 9.17) is 9.94 Å². The second-order valence-corrected chi connectivity index (χ2v) is 3.94. The maximum Gasteiger partial charge on any atom is 0.305 e. The van der Waals surface area contributed by atoms with Crippen LogP contribution in [0.3, 0.4) is 0 Å². The minimum Gasteiger partial charge on any atom is -0.411 e. The van der Waals surface area contributed by atoms with Crippen LogP contribution in [-0.4, -0.2) is 16.0 Å². The lowest BCUT2D eigenvalue weighted by atomic mass is 10.2. The first-order chi connectivity index (χ1) is 8.81. The van der Waals surface area contributed by atoms with Gasteiger partial charge in [0.15, 0.2) is 12.9 Å². The third-order valence-electron chi connectivity index (χ3n) is 2.64. The van der Waals surface area contributed by atoms with Crippen molar-refractivity contribution in [3.05, 3.63) is 54.1 Å². The van der Waals surface area contributed by atoms with Crippen molar-refractivity contribution in [2.75, 3.05) is 0 Å². The van der Waals surface area contributed by atoms with Crippen molar-refractivity contribution in [2.45, 2.75) is 13.3 Å². The fourth-order valence-electron chi connectivity index (χ4n) is 1.70. The molecule has 1 N–H and O–H groups in total. The first kappa shape index (κ1) is 12.3. The quantitative estimate of drug-likeness (QED) is 0.374. The molecule has 5 nitrogen and oxygen atoms in total. The van der Waals surface area contributed by atoms with Gasteiger partial charge in [-0.2, -0.15) is 0 Å². The summed E-state index contributed by atoms with van der Waals surface area (Å²) in [4.78, 5) is 0. The third kappa shape index (κ3) is 2.95. The predicted molar refractivity (Wildman–Crippen MR) is 66.2 cm³/mol. The molecule has 0 aliphatic rings. The van der Waals surface area contributed by atoms with Crippen LogP contribution in [0.2, 0.25) is 0 Å². The fourth-order valence-corrected chi connectivity index (χ4v) is 1.70. The largest absolute Gasteiger partial charge is 0.411 e. The third-order valence-corrected chi connectivity index (χ3v) is 2.64. The molecule has 0 aliphatic carbocycles. The summed E-state index contributed by atoms with van der Waals surface area (Å²) in [6.45, 7) is 0.968. The maximum atomic E-state index is 8.59. The van der Waals surface area contributed by atoms with Gasteiger partial charge < -0.3 is 9.94 Å². The molecule has 0 saturated carbocycles. The zero-order chi connectivity index (χ0) is 12.8. The average molecular weight is 246 g/mol. The van der Waals surface area contributed by atoms with Crippen molar-refractivity contribution in [1.29, 1.82) is 0 Å². The van der Waals surface area contributed by atoms with E-state index in [9.17, 15) is 0 Å². The predicted octanol–water partition coefficient (Wildman–Crippen LogP) is 1.29. The molecule has 1 aromatic carbocycles. The molecular formula is C13H16N3O2+. The van der Waals surface area contributed by atoms with Gasteiger partial charge in [0.2, 0.25) is 0 Å². The normalized spacial score (nSPS) is 11.2. The van der Waals surface area contributed by atoms with Crippen LogP contribution < -0.4 is 4.57 Å². The first-order valence-corrected chi connectivity index (χ1v) is 5.65. The van der Waals surface area contributed by atoms with Crippen LogP contribution in [0.15, 0.2) is 47.9 Å². The van der Waals surface area contributed by atoms with E-state index in [0.717, 1.165) is 11.4 Å². The molecule has 0 radical (unpaired) electrons. The molecule has 18 heavy (non-hydrogen) atoms. The molecular weight excluding hydrogens is 230 g/mol. The van der Waals surface area contributed by atoms with Crippen molar-refractivity contribution in [3.8, 4) is 0 Å². The summed E-state index contributed by atoms with van der Waals surface area (Å²) < 4.78 is 9.33. The van der Waals surface area contributed by atoms with Gasteiger partial charge in [0.1, 0.15) is 12.4 Å². The van der Waals surface area contributed by atoms with E-state index in [0.29, 0.717) is 13.3 Å². The van der Waals surface area contributed by atoms with E-state index in [-0.39, 0.29) is 0 Å². The van der Waals surface area contributed by atoms with Gasteiger partial charge in [-0.3, -0.25) is 0 Å². The lowest BCUT2D eigenvalue weighted by Crippen LogP contribution is -2.32. The Morgan fingerprint density at radius 2 is 2.17 bits per heavy atom. The summed E-state index contributed by atoms with van der Waals surface area (Å²) in [5.74, 6) is 0.769. The molecule has 0 spiro atoms. The van der Waals surface area contributed by atoms with Crippen molar-refractivity contribution >= 4 is 6.21 Å². The van der Waals surface area contributed by atoms with E-state index in [1.54, 1.807) is 0 Å². The molecule has 0 saturated heterocycles. The number of benzene rings is 1. The summed E-state index contributed by atoms with van der Waals surface area (Å²) in [6.07, 6.45) is 5.14. The van der Waals surface area contributed by atoms with Crippen LogP contribution >= 0.6 is 0 Å². The number of nitrogens with zero attached hydrogens (tertiary/aromatic N) is 3. The van der Waals surface area contributed by atoms with E-state index in [1.165, 1.54) is 6.21 Å². The number of aryl methyl sites for hydroxylation is 1. The summed E-state index contributed by atoms with van der Waals surface area (Å²) in [5, 5.41) is 11.6. The van der Waals surface area contributed by atoms with Gasteiger partial charge in [-0.05, 0) is 5.56 Å². The second kappa shape index (κ2) is 5.97. The molecule has 0 atom stereocenters. The smallest absolute Gasteiger partial charge is 0.305 e. The van der Waals surface area contributed by atoms with Gasteiger partial charge in [0.25, 0.3) is 0 Å². The lowest BCUT2D eigenvalue weighted by molar-refractivity contribution is -0.672. The van der Waals surface area contributed by atoms with Crippen molar-refractivity contribution in [2.24, 2.45) is 12.2 Å². The van der Waals surface area contributed by atoms with Crippen LogP contribution in [0.4, 0.5) is 0 Å². The molecule has 5 heteroatoms. The highest BCUT2D eigenvalue weighted by molar-refractivity contribution is 5.72. The van der Waals surface area contributed by atoms with Crippen molar-refractivity contribution in [1.82, 2.24) is 4.57 Å². The highest BCUT2D eigenvalue weighted by atomic mass is 16.5. The molecule has 0 unspecified atom stereocenters. The van der Waals surface area contributed by atoms with Crippen molar-refractivity contribution in [3.63, 3.8) is 0 Å². The Morgan fingerprint density at radius 3 is 2.89 bits per heavy atom. The molecule has 0 amide bonds. The van der Waals surface area contributed by atoms with E-state index < -0.39 is 0 Å². The minimum atomic E-state index is 0.414. The Hall–Kier alpha value is -2.14. The monoisotopic (exact) mass is 246 g/mol. The molecule has 94 valence electrons. The molecule has 1 aromatic heterocycles. The zero-order valence-corrected chi connectivity index (χ0v) is 10.2. The molecule has 2 rings (SSSR count). The Bertz CT molecular complexity index is 520. The first-order valence-electron chi connectivity index (χ1n) is 5.65. The molecule has 0 aliphatic heterocycles. The number of imidazole rings is 1. The Balaban J connectivity index is 1.95. The maximum absolute atomic E-state index is 8.59. The van der Waals surface area contributed by atoms with E-state index in [1.807, 2.05) is 58.9 Å². The van der Waals surface area contributed by atoms with Gasteiger partial charge in [-0.25, -0.2) is 9.13 Å². The summed E-state index contributed by atoms with van der Waals surface area (Å²) in [5.41, 5.74) is 1.13. The Labute approximate surface area is 106 Å². The molecule has 0 fully saturated rings. The van der Waals surface area contributed by atoms with Gasteiger partial charge in [0.05, 0.1) is 13.7 Å². The van der Waals surface area contributed by atoms with Gasteiger partial charge in [-0.15, -0.1) is 0 Å². The van der Waals surface area contributed by atoms with Crippen LogP contribution in [0.25, 0.3) is 0 Å². The number of ether oxygens (including phenoxy) is 1. The summed E-state index contributed by atoms with van der Waals surface area (Å²) in [6, 6.07) is 9.99. The highest BCUT2D eigenvalue weighted by Gasteiger charge is 2.11. The number of hydrogen-bond acceptors (Lipinski definition) is 3. The number of oxime groups is 1. The number of aromatic nitrogens is 2. The van der Waals surface area contributed by atoms with E-state index in [2.05, 4.69) is 5.16 Å². The highest BCUT2D eigenvalue weighted by Crippen LogP contribution is 2.02. The molecule has 0 bridgehead atoms. The lowest BCUT2D eigenvalue weighted by Gasteiger charge is -2.02. The fraction of sp³-hybridized carbons (Fsp3) is 0.231. The zero-order valence-electron chi connectivity index (χ0n) is 10.2. The summed E-state index contributed by atoms with van der Waals surface area (Å²) in [7, 11) is 1.88. The average Bonchev–Trinajstić information content (AvgIpc) is 2.73. The SMILES string of the molecule is C[n+]1ccn(COCc2ccccc2)c1/C=N/O. The van der Waals surface area contributed by atoms with Crippen LogP contribution in [-0.2, 0) is 25.1 Å². The summed E-state index contributed by atoms with van der Waals surface area (Å²) >= 11 is 0. The van der Waals surface area contributed by atoms with Crippen LogP contribution in [0.5, 0.6) is 0 Å². The number of rotatable bonds is 5. The Morgan fingerprint density at radius 1 is 1.39 bits per heavy atom. The van der Waals surface area contributed by atoms with Crippen LogP contribution in [0.1, 0.15) is 11.4 Å². The standard InChI is InChI=1S/C13H15N3O2/c1-15-7-8-16(13(15)9-14-17)11-18-10-12-5-3-2-4-6-12/h2-9H,10-11H2,1H3/p+1. The van der Waals surface area contributed by atoms with Crippen LogP contribution in [0, 0.1) is 0 Å². The van der Waals surface area contributed by atoms with Gasteiger partial charge in [-0.1, -0.05) is 35.5 Å². The van der Waals surface area contributed by atoms with Gasteiger partial charge >= 0.3 is 5.82 Å². The topological polar surface area (TPSA) is 50.6 Å². The molecule has 2 aromatic rings. The second-order valence-electron chi connectivity index (χ2n) is 3.94. The Kier molecular flexibility index (Phi) is 4.09. The van der Waals surface area contributed by atoms with Gasteiger partial charge in [0, 0.05) is 0 Å². The van der Waals surface area contributed by atoms with Crippen molar-refractivity contribution < 1.29 is 14.5 Å². The van der Waals surface area contributed by atoms with E-state index >= 15 is 0 Å². The molecule has 1 heterocycles.